The maximum atomic E-state index is 12.0. The van der Waals surface area contributed by atoms with Crippen molar-refractivity contribution >= 4 is 40.6 Å². The quantitative estimate of drug-likeness (QED) is 0.439. The van der Waals surface area contributed by atoms with Crippen LogP contribution in [0.3, 0.4) is 0 Å². The van der Waals surface area contributed by atoms with Crippen molar-refractivity contribution in [2.24, 2.45) is 5.92 Å². The van der Waals surface area contributed by atoms with Gasteiger partial charge in [0.15, 0.2) is 0 Å². The Labute approximate surface area is 154 Å². The number of hydrogen-bond acceptors (Lipinski definition) is 5. The predicted molar refractivity (Wildman–Crippen MR) is 100 cm³/mol. The van der Waals surface area contributed by atoms with Crippen LogP contribution in [0.25, 0.3) is 0 Å². The zero-order chi connectivity index (χ0) is 18.5. The van der Waals surface area contributed by atoms with Gasteiger partial charge in [0.05, 0.1) is 10.7 Å². The van der Waals surface area contributed by atoms with Gasteiger partial charge in [-0.2, -0.15) is 0 Å². The standard InChI is InChI=1S/C18H17N3O4S/c22-17(19-13-6-8-15(9-7-13)21(24)25)11-26-16-3-1-2-14(10-16)20-18(23)12-4-5-12/h1-3,6-10,12H,4-5,11H2,(H,19,22)(H,20,23). The van der Waals surface area contributed by atoms with Crippen molar-refractivity contribution in [2.75, 3.05) is 16.4 Å². The van der Waals surface area contributed by atoms with Gasteiger partial charge in [0.25, 0.3) is 5.69 Å². The summed E-state index contributed by atoms with van der Waals surface area (Å²) in [4.78, 5) is 34.8. The summed E-state index contributed by atoms with van der Waals surface area (Å²) in [6, 6.07) is 13.0. The van der Waals surface area contributed by atoms with Crippen LogP contribution in [-0.2, 0) is 9.59 Å². The first-order chi connectivity index (χ1) is 12.5. The molecule has 1 aliphatic carbocycles. The molecule has 0 unspecified atom stereocenters. The second kappa shape index (κ2) is 8.01. The first-order valence-corrected chi connectivity index (χ1v) is 9.08. The van der Waals surface area contributed by atoms with E-state index in [4.69, 9.17) is 0 Å². The second-order valence-electron chi connectivity index (χ2n) is 5.93. The van der Waals surface area contributed by atoms with Gasteiger partial charge in [-0.15, -0.1) is 11.8 Å². The van der Waals surface area contributed by atoms with E-state index in [1.807, 2.05) is 24.3 Å². The van der Waals surface area contributed by atoms with Crippen molar-refractivity contribution in [3.8, 4) is 0 Å². The highest BCUT2D eigenvalue weighted by atomic mass is 32.2. The molecule has 2 aromatic rings. The summed E-state index contributed by atoms with van der Waals surface area (Å²) < 4.78 is 0. The Morgan fingerprint density at radius 3 is 2.46 bits per heavy atom. The number of carbonyl (C=O) groups is 2. The lowest BCUT2D eigenvalue weighted by Gasteiger charge is -2.07. The molecule has 1 aliphatic rings. The lowest BCUT2D eigenvalue weighted by molar-refractivity contribution is -0.384. The Hall–Kier alpha value is -2.87. The number of non-ortho nitro benzene ring substituents is 1. The van der Waals surface area contributed by atoms with Gasteiger partial charge >= 0.3 is 0 Å². The molecule has 0 radical (unpaired) electrons. The molecule has 7 nitrogen and oxygen atoms in total. The van der Waals surface area contributed by atoms with E-state index < -0.39 is 4.92 Å². The number of anilines is 2. The molecule has 26 heavy (non-hydrogen) atoms. The first-order valence-electron chi connectivity index (χ1n) is 8.09. The minimum absolute atomic E-state index is 0.0255. The van der Waals surface area contributed by atoms with Crippen molar-refractivity contribution in [3.63, 3.8) is 0 Å². The summed E-state index contributed by atoms with van der Waals surface area (Å²) >= 11 is 1.35. The van der Waals surface area contributed by atoms with Crippen molar-refractivity contribution in [2.45, 2.75) is 17.7 Å². The Morgan fingerprint density at radius 1 is 1.08 bits per heavy atom. The van der Waals surface area contributed by atoms with Crippen LogP contribution < -0.4 is 10.6 Å². The SMILES string of the molecule is O=C(CSc1cccc(NC(=O)C2CC2)c1)Nc1ccc([N+](=O)[O-])cc1. The molecule has 8 heteroatoms. The fourth-order valence-electron chi connectivity index (χ4n) is 2.27. The van der Waals surface area contributed by atoms with Gasteiger partial charge in [-0.1, -0.05) is 6.07 Å². The van der Waals surface area contributed by atoms with Crippen LogP contribution >= 0.6 is 11.8 Å². The number of thioether (sulfide) groups is 1. The highest BCUT2D eigenvalue weighted by Gasteiger charge is 2.29. The third-order valence-corrected chi connectivity index (χ3v) is 4.78. The molecule has 2 N–H and O–H groups in total. The van der Waals surface area contributed by atoms with Crippen LogP contribution in [-0.4, -0.2) is 22.5 Å². The summed E-state index contributed by atoms with van der Waals surface area (Å²) in [5.74, 6) is 0.162. The van der Waals surface area contributed by atoms with E-state index in [0.29, 0.717) is 5.69 Å². The molecule has 0 spiro atoms. The molecule has 2 aromatic carbocycles. The van der Waals surface area contributed by atoms with E-state index in [0.717, 1.165) is 23.4 Å². The van der Waals surface area contributed by atoms with E-state index in [9.17, 15) is 19.7 Å². The topological polar surface area (TPSA) is 101 Å². The molecular weight excluding hydrogens is 354 g/mol. The molecule has 0 atom stereocenters. The average molecular weight is 371 g/mol. The molecule has 0 heterocycles. The predicted octanol–water partition coefficient (Wildman–Crippen LogP) is 3.67. The highest BCUT2D eigenvalue weighted by Crippen LogP contribution is 2.30. The van der Waals surface area contributed by atoms with Gasteiger partial charge in [-0.3, -0.25) is 19.7 Å². The normalized spacial score (nSPS) is 13.1. The molecule has 0 aliphatic heterocycles. The monoisotopic (exact) mass is 371 g/mol. The van der Waals surface area contributed by atoms with Gasteiger partial charge in [0, 0.05) is 34.3 Å². The minimum atomic E-state index is -0.490. The third-order valence-electron chi connectivity index (χ3n) is 3.78. The second-order valence-corrected chi connectivity index (χ2v) is 6.98. The van der Waals surface area contributed by atoms with Crippen molar-refractivity contribution < 1.29 is 14.5 Å². The van der Waals surface area contributed by atoms with E-state index in [1.165, 1.54) is 36.0 Å². The van der Waals surface area contributed by atoms with Crippen molar-refractivity contribution in [1.29, 1.82) is 0 Å². The number of benzene rings is 2. The van der Waals surface area contributed by atoms with Crippen LogP contribution in [0.5, 0.6) is 0 Å². The molecule has 0 saturated heterocycles. The number of nitro benzene ring substituents is 1. The molecule has 3 rings (SSSR count). The van der Waals surface area contributed by atoms with Crippen molar-refractivity contribution in [3.05, 3.63) is 58.6 Å². The first kappa shape index (κ1) is 17.9. The number of carbonyl (C=O) groups excluding carboxylic acids is 2. The molecular formula is C18H17N3O4S. The Balaban J connectivity index is 1.50. The van der Waals surface area contributed by atoms with E-state index in [2.05, 4.69) is 10.6 Å². The maximum absolute atomic E-state index is 12.0. The Kier molecular flexibility index (Phi) is 5.52. The molecule has 1 saturated carbocycles. The molecule has 1 fully saturated rings. The lowest BCUT2D eigenvalue weighted by atomic mass is 10.3. The van der Waals surface area contributed by atoms with Gasteiger partial charge < -0.3 is 10.6 Å². The third kappa shape index (κ3) is 5.06. The summed E-state index contributed by atoms with van der Waals surface area (Å²) in [6.07, 6.45) is 1.90. The Morgan fingerprint density at radius 2 is 1.81 bits per heavy atom. The smallest absolute Gasteiger partial charge is 0.269 e. The van der Waals surface area contributed by atoms with Crippen LogP contribution in [0, 0.1) is 16.0 Å². The van der Waals surface area contributed by atoms with Gasteiger partial charge in [-0.05, 0) is 43.2 Å². The number of nitro groups is 1. The number of nitrogens with zero attached hydrogens (tertiary/aromatic N) is 1. The average Bonchev–Trinajstić information content (AvgIpc) is 3.46. The van der Waals surface area contributed by atoms with E-state index in [1.54, 1.807) is 0 Å². The van der Waals surface area contributed by atoms with Crippen LogP contribution in [0.1, 0.15) is 12.8 Å². The van der Waals surface area contributed by atoms with Crippen LogP contribution in [0.15, 0.2) is 53.4 Å². The summed E-state index contributed by atoms with van der Waals surface area (Å²) in [6.45, 7) is 0. The molecule has 134 valence electrons. The van der Waals surface area contributed by atoms with E-state index >= 15 is 0 Å². The number of rotatable bonds is 7. The number of hydrogen-bond donors (Lipinski definition) is 2. The number of amides is 2. The summed E-state index contributed by atoms with van der Waals surface area (Å²) in [5, 5.41) is 16.2. The number of nitrogens with one attached hydrogen (secondary N) is 2. The van der Waals surface area contributed by atoms with Gasteiger partial charge in [0.1, 0.15) is 0 Å². The van der Waals surface area contributed by atoms with E-state index in [-0.39, 0.29) is 29.2 Å². The van der Waals surface area contributed by atoms with Gasteiger partial charge in [-0.25, -0.2) is 0 Å². The zero-order valence-corrected chi connectivity index (χ0v) is 14.6. The van der Waals surface area contributed by atoms with Gasteiger partial charge in [0.2, 0.25) is 11.8 Å². The fraction of sp³-hybridized carbons (Fsp3) is 0.222. The molecule has 0 aromatic heterocycles. The maximum Gasteiger partial charge on any atom is 0.269 e. The molecule has 2 amide bonds. The molecule has 0 bridgehead atoms. The fourth-order valence-corrected chi connectivity index (χ4v) is 3.02. The minimum Gasteiger partial charge on any atom is -0.326 e. The van der Waals surface area contributed by atoms with Crippen LogP contribution in [0.2, 0.25) is 0 Å². The zero-order valence-electron chi connectivity index (χ0n) is 13.8. The lowest BCUT2D eigenvalue weighted by Crippen LogP contribution is -2.14. The van der Waals surface area contributed by atoms with Crippen LogP contribution in [0.4, 0.5) is 17.1 Å². The largest absolute Gasteiger partial charge is 0.326 e. The summed E-state index contributed by atoms with van der Waals surface area (Å²) in [7, 11) is 0. The Bertz CT molecular complexity index is 835. The highest BCUT2D eigenvalue weighted by molar-refractivity contribution is 8.00. The van der Waals surface area contributed by atoms with Crippen molar-refractivity contribution in [1.82, 2.24) is 0 Å². The summed E-state index contributed by atoms with van der Waals surface area (Å²) in [5.41, 5.74) is 1.21.